The fourth-order valence-electron chi connectivity index (χ4n) is 2.43. The van der Waals surface area contributed by atoms with Crippen LogP contribution in [0.15, 0.2) is 42.5 Å². The second-order valence-corrected chi connectivity index (χ2v) is 6.16. The van der Waals surface area contributed by atoms with Gasteiger partial charge in [-0.3, -0.25) is 0 Å². The van der Waals surface area contributed by atoms with Crippen molar-refractivity contribution in [3.05, 3.63) is 53.8 Å². The molecule has 2 aromatic rings. The molecule has 1 atom stereocenters. The Bertz CT molecular complexity index is 754. The van der Waals surface area contributed by atoms with Crippen molar-refractivity contribution in [1.29, 1.82) is 0 Å². The number of para-hydroxylation sites is 2. The average Bonchev–Trinajstić information content (AvgIpc) is 2.58. The van der Waals surface area contributed by atoms with Crippen LogP contribution in [0.4, 0.5) is 10.1 Å². The molecule has 2 aromatic carbocycles. The van der Waals surface area contributed by atoms with Gasteiger partial charge in [-0.05, 0) is 49.0 Å². The summed E-state index contributed by atoms with van der Waals surface area (Å²) < 4.78 is 25.2. The number of likely N-dealkylation sites (N-methyl/N-ethyl adjacent to an activating group) is 1. The highest BCUT2D eigenvalue weighted by molar-refractivity contribution is 7.80. The number of thiocarbonyl (C=S) groups is 1. The van der Waals surface area contributed by atoms with Crippen molar-refractivity contribution < 1.29 is 13.9 Å². The molecule has 3 rings (SSSR count). The predicted molar refractivity (Wildman–Crippen MR) is 96.3 cm³/mol. The van der Waals surface area contributed by atoms with Crippen LogP contribution in [0.1, 0.15) is 5.56 Å². The van der Waals surface area contributed by atoms with Crippen molar-refractivity contribution in [3.63, 3.8) is 0 Å². The van der Waals surface area contributed by atoms with E-state index in [9.17, 15) is 4.39 Å². The summed E-state index contributed by atoms with van der Waals surface area (Å²) in [5, 5.41) is 3.54. The summed E-state index contributed by atoms with van der Waals surface area (Å²) >= 11 is 5.38. The van der Waals surface area contributed by atoms with E-state index in [1.165, 1.54) is 6.07 Å². The number of hydrogen-bond donors (Lipinski definition) is 1. The SMILES string of the molecule is Cc1ccc(NC(=S)N(C)C[C@H]2COc3ccccc3O2)cc1F. The topological polar surface area (TPSA) is 33.7 Å². The Morgan fingerprint density at radius 3 is 2.79 bits per heavy atom. The van der Waals surface area contributed by atoms with Crippen molar-refractivity contribution in [2.75, 3.05) is 25.5 Å². The summed E-state index contributed by atoms with van der Waals surface area (Å²) in [6.07, 6.45) is -0.126. The van der Waals surface area contributed by atoms with Gasteiger partial charge in [0.1, 0.15) is 12.4 Å². The number of aryl methyl sites for hydroxylation is 1. The van der Waals surface area contributed by atoms with E-state index in [4.69, 9.17) is 21.7 Å². The van der Waals surface area contributed by atoms with Crippen molar-refractivity contribution in [2.24, 2.45) is 0 Å². The van der Waals surface area contributed by atoms with E-state index in [0.717, 1.165) is 11.5 Å². The summed E-state index contributed by atoms with van der Waals surface area (Å²) in [6.45, 7) is 2.75. The van der Waals surface area contributed by atoms with Crippen LogP contribution in [0.2, 0.25) is 0 Å². The smallest absolute Gasteiger partial charge is 0.173 e. The van der Waals surface area contributed by atoms with E-state index in [1.807, 2.05) is 36.2 Å². The maximum Gasteiger partial charge on any atom is 0.173 e. The normalized spacial score (nSPS) is 15.7. The maximum absolute atomic E-state index is 13.6. The van der Waals surface area contributed by atoms with Crippen LogP contribution in [-0.2, 0) is 0 Å². The summed E-state index contributed by atoms with van der Waals surface area (Å²) in [5.74, 6) is 1.24. The van der Waals surface area contributed by atoms with Crippen LogP contribution in [0.3, 0.4) is 0 Å². The third-order valence-corrected chi connectivity index (χ3v) is 4.23. The number of nitrogens with zero attached hydrogens (tertiary/aromatic N) is 1. The van der Waals surface area contributed by atoms with Gasteiger partial charge in [-0.1, -0.05) is 18.2 Å². The van der Waals surface area contributed by atoms with Crippen LogP contribution < -0.4 is 14.8 Å². The van der Waals surface area contributed by atoms with Gasteiger partial charge in [-0.25, -0.2) is 4.39 Å². The molecule has 1 aliphatic heterocycles. The molecule has 0 radical (unpaired) electrons. The second-order valence-electron chi connectivity index (χ2n) is 5.77. The largest absolute Gasteiger partial charge is 0.486 e. The van der Waals surface area contributed by atoms with E-state index in [0.29, 0.717) is 29.5 Å². The summed E-state index contributed by atoms with van der Waals surface area (Å²) in [6, 6.07) is 12.5. The zero-order chi connectivity index (χ0) is 17.1. The number of fused-ring (bicyclic) bond motifs is 1. The lowest BCUT2D eigenvalue weighted by Crippen LogP contribution is -2.43. The van der Waals surface area contributed by atoms with Crippen LogP contribution in [0, 0.1) is 12.7 Å². The van der Waals surface area contributed by atoms with Gasteiger partial charge in [0.05, 0.1) is 6.54 Å². The molecule has 0 aromatic heterocycles. The molecule has 126 valence electrons. The van der Waals surface area contributed by atoms with Crippen molar-refractivity contribution in [2.45, 2.75) is 13.0 Å². The van der Waals surface area contributed by atoms with Gasteiger partial charge in [0.2, 0.25) is 0 Å². The Kier molecular flexibility index (Phi) is 4.85. The molecule has 24 heavy (non-hydrogen) atoms. The van der Waals surface area contributed by atoms with Crippen molar-refractivity contribution in [3.8, 4) is 11.5 Å². The van der Waals surface area contributed by atoms with Gasteiger partial charge in [-0.15, -0.1) is 0 Å². The minimum Gasteiger partial charge on any atom is -0.486 e. The summed E-state index contributed by atoms with van der Waals surface area (Å²) in [5.41, 5.74) is 1.23. The van der Waals surface area contributed by atoms with Crippen molar-refractivity contribution in [1.82, 2.24) is 4.90 Å². The molecule has 0 aliphatic carbocycles. The molecule has 0 bridgehead atoms. The molecule has 0 saturated carbocycles. The molecule has 1 N–H and O–H groups in total. The second kappa shape index (κ2) is 7.05. The molecular formula is C18H19FN2O2S. The number of ether oxygens (including phenoxy) is 2. The lowest BCUT2D eigenvalue weighted by atomic mass is 10.2. The number of halogens is 1. The van der Waals surface area contributed by atoms with E-state index < -0.39 is 0 Å². The van der Waals surface area contributed by atoms with E-state index >= 15 is 0 Å². The maximum atomic E-state index is 13.6. The van der Waals surface area contributed by atoms with Crippen LogP contribution in [0.5, 0.6) is 11.5 Å². The van der Waals surface area contributed by atoms with Gasteiger partial charge in [0.15, 0.2) is 22.7 Å². The Hall–Kier alpha value is -2.34. The van der Waals surface area contributed by atoms with Gasteiger partial charge in [0.25, 0.3) is 0 Å². The fraction of sp³-hybridized carbons (Fsp3) is 0.278. The molecule has 0 fully saturated rings. The Morgan fingerprint density at radius 2 is 2.04 bits per heavy atom. The highest BCUT2D eigenvalue weighted by Gasteiger charge is 2.22. The third kappa shape index (κ3) is 3.76. The number of rotatable bonds is 3. The zero-order valence-electron chi connectivity index (χ0n) is 13.6. The molecule has 0 unspecified atom stereocenters. The number of benzene rings is 2. The monoisotopic (exact) mass is 346 g/mol. The molecule has 1 aliphatic rings. The lowest BCUT2D eigenvalue weighted by Gasteiger charge is -2.30. The highest BCUT2D eigenvalue weighted by Crippen LogP contribution is 2.31. The van der Waals surface area contributed by atoms with Gasteiger partial charge in [0, 0.05) is 12.7 Å². The summed E-state index contributed by atoms with van der Waals surface area (Å²) in [7, 11) is 1.86. The van der Waals surface area contributed by atoms with E-state index in [-0.39, 0.29) is 11.9 Å². The summed E-state index contributed by atoms with van der Waals surface area (Å²) in [4.78, 5) is 1.86. The molecule has 6 heteroatoms. The van der Waals surface area contributed by atoms with Crippen LogP contribution in [0.25, 0.3) is 0 Å². The number of anilines is 1. The van der Waals surface area contributed by atoms with Gasteiger partial charge < -0.3 is 19.7 Å². The first-order chi connectivity index (χ1) is 11.5. The molecule has 0 spiro atoms. The minimum atomic E-state index is -0.258. The highest BCUT2D eigenvalue weighted by atomic mass is 32.1. The number of nitrogens with one attached hydrogen (secondary N) is 1. The Morgan fingerprint density at radius 1 is 1.29 bits per heavy atom. The predicted octanol–water partition coefficient (Wildman–Crippen LogP) is 3.60. The fourth-order valence-corrected chi connectivity index (χ4v) is 2.62. The van der Waals surface area contributed by atoms with Gasteiger partial charge in [-0.2, -0.15) is 0 Å². The Labute approximate surface area is 146 Å². The average molecular weight is 346 g/mol. The number of hydrogen-bond acceptors (Lipinski definition) is 3. The molecule has 4 nitrogen and oxygen atoms in total. The van der Waals surface area contributed by atoms with Crippen LogP contribution >= 0.6 is 12.2 Å². The third-order valence-electron chi connectivity index (χ3n) is 3.81. The van der Waals surface area contributed by atoms with Crippen molar-refractivity contribution >= 4 is 23.0 Å². The first kappa shape index (κ1) is 16.5. The first-order valence-corrected chi connectivity index (χ1v) is 8.10. The minimum absolute atomic E-state index is 0.126. The molecular weight excluding hydrogens is 327 g/mol. The van der Waals surface area contributed by atoms with E-state index in [2.05, 4.69) is 5.32 Å². The standard InChI is InChI=1S/C18H19FN2O2S/c1-12-7-8-13(9-15(12)19)20-18(24)21(2)10-14-11-22-16-5-3-4-6-17(16)23-14/h3-9,14H,10-11H2,1-2H3,(H,20,24)/t14-/m0/s1. The zero-order valence-corrected chi connectivity index (χ0v) is 14.4. The Balaban J connectivity index is 1.57. The van der Waals surface area contributed by atoms with Crippen LogP contribution in [-0.4, -0.2) is 36.3 Å². The van der Waals surface area contributed by atoms with E-state index in [1.54, 1.807) is 19.1 Å². The quantitative estimate of drug-likeness (QED) is 0.859. The lowest BCUT2D eigenvalue weighted by molar-refractivity contribution is 0.0784. The molecule has 0 saturated heterocycles. The first-order valence-electron chi connectivity index (χ1n) is 7.69. The molecule has 1 heterocycles. The van der Waals surface area contributed by atoms with Gasteiger partial charge >= 0.3 is 0 Å². The molecule has 0 amide bonds.